The van der Waals surface area contributed by atoms with Crippen molar-refractivity contribution in [3.05, 3.63) is 35.1 Å². The molecule has 0 bridgehead atoms. The SMILES string of the molecule is CNCc1ccc(F)c(CN2CCC(C(C)C)CC2)c1. The second kappa shape index (κ2) is 7.19. The first-order valence-corrected chi connectivity index (χ1v) is 7.74. The normalized spacial score (nSPS) is 17.9. The van der Waals surface area contributed by atoms with E-state index in [0.29, 0.717) is 0 Å². The summed E-state index contributed by atoms with van der Waals surface area (Å²) >= 11 is 0. The van der Waals surface area contributed by atoms with Crippen molar-refractivity contribution in [2.45, 2.75) is 39.8 Å². The average molecular weight is 278 g/mol. The summed E-state index contributed by atoms with van der Waals surface area (Å²) in [6.45, 7) is 8.34. The van der Waals surface area contributed by atoms with Crippen molar-refractivity contribution in [2.24, 2.45) is 11.8 Å². The molecule has 1 saturated heterocycles. The van der Waals surface area contributed by atoms with Crippen LogP contribution in [0.25, 0.3) is 0 Å². The van der Waals surface area contributed by atoms with Gasteiger partial charge in [-0.25, -0.2) is 4.39 Å². The predicted octanol–water partition coefficient (Wildman–Crippen LogP) is 3.41. The van der Waals surface area contributed by atoms with Crippen molar-refractivity contribution in [1.29, 1.82) is 0 Å². The van der Waals surface area contributed by atoms with E-state index in [-0.39, 0.29) is 5.82 Å². The second-order valence-corrected chi connectivity index (χ2v) is 6.31. The zero-order valence-corrected chi connectivity index (χ0v) is 13.0. The molecule has 0 aliphatic carbocycles. The van der Waals surface area contributed by atoms with Crippen LogP contribution in [0.3, 0.4) is 0 Å². The van der Waals surface area contributed by atoms with Gasteiger partial charge in [-0.05, 0) is 56.4 Å². The van der Waals surface area contributed by atoms with E-state index in [4.69, 9.17) is 0 Å². The van der Waals surface area contributed by atoms with Crippen molar-refractivity contribution in [2.75, 3.05) is 20.1 Å². The molecule has 1 fully saturated rings. The van der Waals surface area contributed by atoms with Crippen LogP contribution < -0.4 is 5.32 Å². The summed E-state index contributed by atoms with van der Waals surface area (Å²) in [4.78, 5) is 2.39. The summed E-state index contributed by atoms with van der Waals surface area (Å²) < 4.78 is 13.9. The summed E-state index contributed by atoms with van der Waals surface area (Å²) in [6.07, 6.45) is 2.49. The van der Waals surface area contributed by atoms with E-state index in [1.165, 1.54) is 12.8 Å². The van der Waals surface area contributed by atoms with Gasteiger partial charge in [-0.1, -0.05) is 26.0 Å². The van der Waals surface area contributed by atoms with Crippen LogP contribution in [0.1, 0.15) is 37.8 Å². The second-order valence-electron chi connectivity index (χ2n) is 6.31. The summed E-state index contributed by atoms with van der Waals surface area (Å²) in [5.74, 6) is 1.54. The lowest BCUT2D eigenvalue weighted by molar-refractivity contribution is 0.150. The summed E-state index contributed by atoms with van der Waals surface area (Å²) in [5.41, 5.74) is 1.99. The Balaban J connectivity index is 1.95. The van der Waals surface area contributed by atoms with Gasteiger partial charge in [0.05, 0.1) is 0 Å². The van der Waals surface area contributed by atoms with Crippen LogP contribution in [0.4, 0.5) is 4.39 Å². The molecule has 2 rings (SSSR count). The first-order chi connectivity index (χ1) is 9.60. The summed E-state index contributed by atoms with van der Waals surface area (Å²) in [5, 5.41) is 3.12. The number of likely N-dealkylation sites (tertiary alicyclic amines) is 1. The molecule has 1 aliphatic rings. The van der Waals surface area contributed by atoms with Crippen LogP contribution in [-0.2, 0) is 13.1 Å². The number of hydrogen-bond donors (Lipinski definition) is 1. The van der Waals surface area contributed by atoms with Gasteiger partial charge in [0.15, 0.2) is 0 Å². The number of nitrogens with zero attached hydrogens (tertiary/aromatic N) is 1. The number of nitrogens with one attached hydrogen (secondary N) is 1. The smallest absolute Gasteiger partial charge is 0.127 e. The molecule has 1 N–H and O–H groups in total. The minimum absolute atomic E-state index is 0.0733. The first kappa shape index (κ1) is 15.5. The molecular weight excluding hydrogens is 251 g/mol. The molecule has 0 amide bonds. The third kappa shape index (κ3) is 4.03. The van der Waals surface area contributed by atoms with Crippen LogP contribution >= 0.6 is 0 Å². The molecule has 112 valence electrons. The van der Waals surface area contributed by atoms with E-state index in [9.17, 15) is 4.39 Å². The summed E-state index contributed by atoms with van der Waals surface area (Å²) in [6, 6.07) is 5.46. The van der Waals surface area contributed by atoms with E-state index in [1.807, 2.05) is 19.2 Å². The molecule has 0 radical (unpaired) electrons. The topological polar surface area (TPSA) is 15.3 Å². The highest BCUT2D eigenvalue weighted by Crippen LogP contribution is 2.25. The first-order valence-electron chi connectivity index (χ1n) is 7.74. The minimum atomic E-state index is -0.0733. The Morgan fingerprint density at radius 2 is 2.00 bits per heavy atom. The average Bonchev–Trinajstić information content (AvgIpc) is 2.43. The van der Waals surface area contributed by atoms with Gasteiger partial charge in [-0.2, -0.15) is 0 Å². The number of piperidine rings is 1. The Labute approximate surface area is 122 Å². The third-order valence-corrected chi connectivity index (χ3v) is 4.46. The maximum atomic E-state index is 13.9. The van der Waals surface area contributed by atoms with Crippen molar-refractivity contribution in [3.8, 4) is 0 Å². The van der Waals surface area contributed by atoms with Gasteiger partial charge in [0.25, 0.3) is 0 Å². The fourth-order valence-corrected chi connectivity index (χ4v) is 3.08. The fourth-order valence-electron chi connectivity index (χ4n) is 3.08. The maximum Gasteiger partial charge on any atom is 0.127 e. The molecule has 0 atom stereocenters. The monoisotopic (exact) mass is 278 g/mol. The lowest BCUT2D eigenvalue weighted by Crippen LogP contribution is -2.35. The largest absolute Gasteiger partial charge is 0.316 e. The standard InChI is InChI=1S/C17H27FN2/c1-13(2)15-6-8-20(9-7-15)12-16-10-14(11-19-3)4-5-17(16)18/h4-5,10,13,15,19H,6-9,11-12H2,1-3H3. The molecule has 1 aliphatic heterocycles. The highest BCUT2D eigenvalue weighted by atomic mass is 19.1. The van der Waals surface area contributed by atoms with Crippen LogP contribution in [0.2, 0.25) is 0 Å². The molecule has 1 aromatic carbocycles. The van der Waals surface area contributed by atoms with Crippen molar-refractivity contribution in [1.82, 2.24) is 10.2 Å². The Hall–Kier alpha value is -0.930. The van der Waals surface area contributed by atoms with Crippen molar-refractivity contribution < 1.29 is 4.39 Å². The van der Waals surface area contributed by atoms with Crippen LogP contribution in [0.5, 0.6) is 0 Å². The van der Waals surface area contributed by atoms with Gasteiger partial charge in [0.1, 0.15) is 5.82 Å². The Bertz CT molecular complexity index is 423. The molecule has 20 heavy (non-hydrogen) atoms. The van der Waals surface area contributed by atoms with E-state index in [1.54, 1.807) is 6.07 Å². The highest BCUT2D eigenvalue weighted by Gasteiger charge is 2.22. The van der Waals surface area contributed by atoms with Crippen molar-refractivity contribution >= 4 is 0 Å². The Morgan fingerprint density at radius 1 is 1.30 bits per heavy atom. The van der Waals surface area contributed by atoms with E-state index >= 15 is 0 Å². The molecule has 1 aromatic rings. The zero-order chi connectivity index (χ0) is 14.5. The third-order valence-electron chi connectivity index (χ3n) is 4.46. The number of rotatable bonds is 5. The van der Waals surface area contributed by atoms with Crippen molar-refractivity contribution in [3.63, 3.8) is 0 Å². The molecule has 2 nitrogen and oxygen atoms in total. The van der Waals surface area contributed by atoms with Gasteiger partial charge in [-0.3, -0.25) is 4.90 Å². The Kier molecular flexibility index (Phi) is 5.55. The molecule has 3 heteroatoms. The van der Waals surface area contributed by atoms with Gasteiger partial charge in [-0.15, -0.1) is 0 Å². The predicted molar refractivity (Wildman–Crippen MR) is 82.0 cm³/mol. The van der Waals surface area contributed by atoms with Gasteiger partial charge < -0.3 is 5.32 Å². The van der Waals surface area contributed by atoms with Crippen LogP contribution in [0, 0.1) is 17.7 Å². The summed E-state index contributed by atoms with van der Waals surface area (Å²) in [7, 11) is 1.92. The molecule has 0 aromatic heterocycles. The van der Waals surface area contributed by atoms with E-state index < -0.39 is 0 Å². The van der Waals surface area contributed by atoms with Gasteiger partial charge in [0, 0.05) is 18.7 Å². The Morgan fingerprint density at radius 3 is 2.60 bits per heavy atom. The molecule has 0 unspecified atom stereocenters. The molecular formula is C17H27FN2. The fraction of sp³-hybridized carbons (Fsp3) is 0.647. The lowest BCUT2D eigenvalue weighted by atomic mass is 9.86. The van der Waals surface area contributed by atoms with Gasteiger partial charge >= 0.3 is 0 Å². The van der Waals surface area contributed by atoms with Crippen LogP contribution in [-0.4, -0.2) is 25.0 Å². The maximum absolute atomic E-state index is 13.9. The highest BCUT2D eigenvalue weighted by molar-refractivity contribution is 5.25. The number of benzene rings is 1. The lowest BCUT2D eigenvalue weighted by Gasteiger charge is -2.34. The van der Waals surface area contributed by atoms with E-state index in [2.05, 4.69) is 24.1 Å². The van der Waals surface area contributed by atoms with E-state index in [0.717, 1.165) is 49.1 Å². The molecule has 0 saturated carbocycles. The quantitative estimate of drug-likeness (QED) is 0.888. The minimum Gasteiger partial charge on any atom is -0.316 e. The number of halogens is 1. The zero-order valence-electron chi connectivity index (χ0n) is 13.0. The number of hydrogen-bond acceptors (Lipinski definition) is 2. The molecule has 0 spiro atoms. The molecule has 1 heterocycles. The van der Waals surface area contributed by atoms with Crippen LogP contribution in [0.15, 0.2) is 18.2 Å². The van der Waals surface area contributed by atoms with Gasteiger partial charge in [0.2, 0.25) is 0 Å².